The Labute approximate surface area is 192 Å². The fraction of sp³-hybridized carbons (Fsp3) is 0.462. The maximum atomic E-state index is 13.8. The smallest absolute Gasteiger partial charge is 0.265 e. The van der Waals surface area contributed by atoms with Crippen molar-refractivity contribution < 1.29 is 4.74 Å². The Morgan fingerprint density at radius 3 is 2.64 bits per heavy atom. The largest absolute Gasteiger partial charge is 0.376 e. The molecule has 4 aromatic rings. The van der Waals surface area contributed by atoms with Gasteiger partial charge in [-0.3, -0.25) is 9.36 Å². The van der Waals surface area contributed by atoms with E-state index in [4.69, 9.17) is 19.7 Å². The topological polar surface area (TPSA) is 74.8 Å². The second kappa shape index (κ2) is 8.37. The summed E-state index contributed by atoms with van der Waals surface area (Å²) in [5, 5.41) is 0.574. The van der Waals surface area contributed by atoms with Gasteiger partial charge in [-0.05, 0) is 64.0 Å². The van der Waals surface area contributed by atoms with Crippen molar-refractivity contribution in [3.05, 3.63) is 52.1 Å². The third kappa shape index (κ3) is 3.64. The second-order valence-electron chi connectivity index (χ2n) is 9.30. The van der Waals surface area contributed by atoms with E-state index in [1.165, 1.54) is 18.4 Å². The molecule has 1 aromatic carbocycles. The molecule has 2 aliphatic rings. The number of allylic oxidation sites excluding steroid dienone is 2. The van der Waals surface area contributed by atoms with Crippen molar-refractivity contribution in [1.29, 1.82) is 0 Å². The normalized spacial score (nSPS) is 19.1. The summed E-state index contributed by atoms with van der Waals surface area (Å²) in [4.78, 5) is 28.6. The summed E-state index contributed by atoms with van der Waals surface area (Å²) in [5.41, 5.74) is 5.18. The number of rotatable bonds is 5. The van der Waals surface area contributed by atoms with Gasteiger partial charge in [0.2, 0.25) is 0 Å². The quantitative estimate of drug-likeness (QED) is 0.419. The molecule has 1 fully saturated rings. The SMILES string of the molecule is Cc1nc2c(c(=O)n1CC1CCCO1)c1nc3ccccc3nc1n2CCC1=CCCCC1. The maximum absolute atomic E-state index is 13.8. The molecule has 7 heteroatoms. The van der Waals surface area contributed by atoms with Crippen molar-refractivity contribution in [2.45, 2.75) is 71.1 Å². The van der Waals surface area contributed by atoms with Crippen LogP contribution in [0.1, 0.15) is 50.8 Å². The van der Waals surface area contributed by atoms with E-state index in [0.29, 0.717) is 28.9 Å². The van der Waals surface area contributed by atoms with Crippen molar-refractivity contribution in [2.24, 2.45) is 0 Å². The summed E-state index contributed by atoms with van der Waals surface area (Å²) in [7, 11) is 0. The Balaban J connectivity index is 1.55. The highest BCUT2D eigenvalue weighted by Crippen LogP contribution is 2.28. The lowest BCUT2D eigenvalue weighted by Crippen LogP contribution is -2.29. The molecular formula is C26H29N5O2. The van der Waals surface area contributed by atoms with Crippen LogP contribution in [0, 0.1) is 6.92 Å². The number of fused-ring (bicyclic) bond motifs is 4. The van der Waals surface area contributed by atoms with E-state index in [1.54, 1.807) is 4.57 Å². The van der Waals surface area contributed by atoms with Crippen molar-refractivity contribution in [2.75, 3.05) is 6.61 Å². The van der Waals surface area contributed by atoms with E-state index in [1.807, 2.05) is 31.2 Å². The first-order chi connectivity index (χ1) is 16.2. The highest BCUT2D eigenvalue weighted by atomic mass is 16.5. The van der Waals surface area contributed by atoms with Crippen LogP contribution in [0.15, 0.2) is 40.7 Å². The molecular weight excluding hydrogens is 414 g/mol. The first kappa shape index (κ1) is 20.5. The van der Waals surface area contributed by atoms with Crippen molar-refractivity contribution >= 4 is 33.2 Å². The third-order valence-electron chi connectivity index (χ3n) is 7.09. The minimum atomic E-state index is -0.0433. The van der Waals surface area contributed by atoms with Crippen LogP contribution < -0.4 is 5.56 Å². The molecule has 0 spiro atoms. The molecule has 0 saturated carbocycles. The lowest BCUT2D eigenvalue weighted by molar-refractivity contribution is 0.0955. The summed E-state index contributed by atoms with van der Waals surface area (Å²) >= 11 is 0. The van der Waals surface area contributed by atoms with Gasteiger partial charge < -0.3 is 9.30 Å². The molecule has 0 bridgehead atoms. The molecule has 33 heavy (non-hydrogen) atoms. The van der Waals surface area contributed by atoms with Crippen molar-refractivity contribution in [3.63, 3.8) is 0 Å². The van der Waals surface area contributed by atoms with Gasteiger partial charge in [0.25, 0.3) is 5.56 Å². The zero-order valence-corrected chi connectivity index (χ0v) is 19.1. The lowest BCUT2D eigenvalue weighted by Gasteiger charge is -2.15. The molecule has 0 N–H and O–H groups in total. The molecule has 1 saturated heterocycles. The van der Waals surface area contributed by atoms with Crippen LogP contribution in [-0.4, -0.2) is 36.8 Å². The van der Waals surface area contributed by atoms with E-state index >= 15 is 0 Å². The van der Waals surface area contributed by atoms with Crippen molar-refractivity contribution in [1.82, 2.24) is 24.1 Å². The first-order valence-electron chi connectivity index (χ1n) is 12.1. The first-order valence-corrected chi connectivity index (χ1v) is 12.1. The van der Waals surface area contributed by atoms with Gasteiger partial charge in [-0.1, -0.05) is 23.8 Å². The van der Waals surface area contributed by atoms with Crippen LogP contribution in [0.3, 0.4) is 0 Å². The van der Waals surface area contributed by atoms with E-state index in [9.17, 15) is 4.79 Å². The van der Waals surface area contributed by atoms with Crippen LogP contribution >= 0.6 is 0 Å². The molecule has 6 rings (SSSR count). The Kier molecular flexibility index (Phi) is 5.21. The number of hydrogen-bond acceptors (Lipinski definition) is 5. The minimum Gasteiger partial charge on any atom is -0.376 e. The predicted octanol–water partition coefficient (Wildman–Crippen LogP) is 4.67. The van der Waals surface area contributed by atoms with E-state index in [0.717, 1.165) is 61.9 Å². The zero-order valence-electron chi connectivity index (χ0n) is 19.1. The van der Waals surface area contributed by atoms with Crippen LogP contribution in [0.4, 0.5) is 0 Å². The summed E-state index contributed by atoms with van der Waals surface area (Å²) < 4.78 is 9.69. The monoisotopic (exact) mass is 443 g/mol. The zero-order chi connectivity index (χ0) is 22.4. The van der Waals surface area contributed by atoms with E-state index in [2.05, 4.69) is 10.6 Å². The Bertz CT molecular complexity index is 1440. The number of hydrogen-bond donors (Lipinski definition) is 0. The summed E-state index contributed by atoms with van der Waals surface area (Å²) in [6.45, 7) is 3.97. The average Bonchev–Trinajstić information content (AvgIpc) is 3.45. The number of para-hydroxylation sites is 2. The van der Waals surface area contributed by atoms with Gasteiger partial charge >= 0.3 is 0 Å². The minimum absolute atomic E-state index is 0.0433. The van der Waals surface area contributed by atoms with Gasteiger partial charge in [-0.2, -0.15) is 0 Å². The Morgan fingerprint density at radius 2 is 1.88 bits per heavy atom. The van der Waals surface area contributed by atoms with Gasteiger partial charge in [0, 0.05) is 13.2 Å². The number of nitrogens with zero attached hydrogens (tertiary/aromatic N) is 5. The van der Waals surface area contributed by atoms with Crippen LogP contribution in [0.5, 0.6) is 0 Å². The molecule has 4 heterocycles. The van der Waals surface area contributed by atoms with Gasteiger partial charge in [-0.15, -0.1) is 0 Å². The number of ether oxygens (including phenoxy) is 1. The number of benzene rings is 1. The van der Waals surface area contributed by atoms with Crippen LogP contribution in [0.2, 0.25) is 0 Å². The number of aromatic nitrogens is 5. The van der Waals surface area contributed by atoms with E-state index in [-0.39, 0.29) is 11.7 Å². The van der Waals surface area contributed by atoms with Crippen molar-refractivity contribution in [3.8, 4) is 0 Å². The van der Waals surface area contributed by atoms with Crippen LogP contribution in [0.25, 0.3) is 33.2 Å². The highest BCUT2D eigenvalue weighted by Gasteiger charge is 2.24. The summed E-state index contributed by atoms with van der Waals surface area (Å²) in [6, 6.07) is 7.85. The highest BCUT2D eigenvalue weighted by molar-refractivity contribution is 6.04. The van der Waals surface area contributed by atoms with Gasteiger partial charge in [0.15, 0.2) is 11.3 Å². The maximum Gasteiger partial charge on any atom is 0.265 e. The fourth-order valence-electron chi connectivity index (χ4n) is 5.30. The van der Waals surface area contributed by atoms with Crippen LogP contribution in [-0.2, 0) is 17.8 Å². The molecule has 170 valence electrons. The molecule has 1 aliphatic carbocycles. The molecule has 1 aliphatic heterocycles. The van der Waals surface area contributed by atoms with Gasteiger partial charge in [-0.25, -0.2) is 15.0 Å². The van der Waals surface area contributed by atoms with Gasteiger partial charge in [0.1, 0.15) is 16.7 Å². The fourth-order valence-corrected chi connectivity index (χ4v) is 5.30. The molecule has 7 nitrogen and oxygen atoms in total. The molecule has 1 unspecified atom stereocenters. The lowest BCUT2D eigenvalue weighted by atomic mass is 9.97. The second-order valence-corrected chi connectivity index (χ2v) is 9.30. The predicted molar refractivity (Wildman–Crippen MR) is 129 cm³/mol. The Hall–Kier alpha value is -3.06. The molecule has 3 aromatic heterocycles. The molecule has 0 amide bonds. The van der Waals surface area contributed by atoms with Gasteiger partial charge in [0.05, 0.1) is 23.7 Å². The Morgan fingerprint density at radius 1 is 1.03 bits per heavy atom. The number of aryl methyl sites for hydroxylation is 2. The summed E-state index contributed by atoms with van der Waals surface area (Å²) in [6.07, 6.45) is 10.3. The molecule has 0 radical (unpaired) electrons. The molecule has 1 atom stereocenters. The average molecular weight is 444 g/mol. The summed E-state index contributed by atoms with van der Waals surface area (Å²) in [5.74, 6) is 0.716. The van der Waals surface area contributed by atoms with E-state index < -0.39 is 0 Å². The standard InChI is InChI=1S/C26H29N5O2/c1-17-27-24-22(26(32)31(17)16-19-10-7-15-33-19)23-25(29-21-12-6-5-11-20(21)28-23)30(24)14-13-18-8-3-2-4-9-18/h5-6,8,11-12,19H,2-4,7,9-10,13-16H2,1H3. The third-order valence-corrected chi connectivity index (χ3v) is 7.09.